The van der Waals surface area contributed by atoms with E-state index in [-0.39, 0.29) is 23.3 Å². The van der Waals surface area contributed by atoms with Gasteiger partial charge in [0.25, 0.3) is 16.8 Å². The molecule has 4 rings (SSSR count). The van der Waals surface area contributed by atoms with E-state index in [9.17, 15) is 14.4 Å². The third-order valence-electron chi connectivity index (χ3n) is 5.12. The average molecular weight is 379 g/mol. The Morgan fingerprint density at radius 3 is 2.54 bits per heavy atom. The molecular formula is C21H21N3O4. The summed E-state index contributed by atoms with van der Waals surface area (Å²) in [4.78, 5) is 38.4. The molecule has 0 radical (unpaired) electrons. The van der Waals surface area contributed by atoms with Gasteiger partial charge in [-0.2, -0.15) is 0 Å². The van der Waals surface area contributed by atoms with E-state index in [0.717, 1.165) is 11.3 Å². The molecule has 144 valence electrons. The van der Waals surface area contributed by atoms with Crippen molar-refractivity contribution in [2.45, 2.75) is 32.9 Å². The molecule has 7 heteroatoms. The number of nitrogens with one attached hydrogen (secondary N) is 2. The van der Waals surface area contributed by atoms with Crippen LogP contribution in [0.4, 0.5) is 17.1 Å². The standard InChI is InChI=1S/C21H21N3O4/c1-4-13(15-9-8-11(2)28-15)22-17-18(20(26)19(17)25)23-14-7-5-6-12-10-24(3)21(27)16(12)14/h5-9,13,22-23H,4,10H2,1-3H3/t13-/m1/s1. The van der Waals surface area contributed by atoms with Crippen molar-refractivity contribution in [3.05, 3.63) is 73.4 Å². The smallest absolute Gasteiger partial charge is 0.256 e. The topological polar surface area (TPSA) is 91.6 Å². The van der Waals surface area contributed by atoms with E-state index in [1.165, 1.54) is 0 Å². The number of amides is 1. The third kappa shape index (κ3) is 2.79. The minimum atomic E-state index is -0.593. The molecular weight excluding hydrogens is 358 g/mol. The maximum Gasteiger partial charge on any atom is 0.256 e. The highest BCUT2D eigenvalue weighted by molar-refractivity contribution is 6.04. The van der Waals surface area contributed by atoms with Gasteiger partial charge in [0.15, 0.2) is 0 Å². The number of carbonyl (C=O) groups excluding carboxylic acids is 1. The van der Waals surface area contributed by atoms with Crippen molar-refractivity contribution in [2.75, 3.05) is 17.7 Å². The van der Waals surface area contributed by atoms with Crippen molar-refractivity contribution in [1.29, 1.82) is 0 Å². The zero-order chi connectivity index (χ0) is 20.0. The molecule has 0 bridgehead atoms. The maximum atomic E-state index is 12.4. The maximum absolute atomic E-state index is 12.4. The Hall–Kier alpha value is -3.35. The Morgan fingerprint density at radius 2 is 1.86 bits per heavy atom. The molecule has 0 fully saturated rings. The van der Waals surface area contributed by atoms with Crippen LogP contribution in [0, 0.1) is 6.92 Å². The summed E-state index contributed by atoms with van der Waals surface area (Å²) in [6.45, 7) is 4.34. The fourth-order valence-electron chi connectivity index (χ4n) is 3.58. The van der Waals surface area contributed by atoms with Crippen LogP contribution in [0.2, 0.25) is 0 Å². The number of carbonyl (C=O) groups is 1. The molecule has 2 heterocycles. The summed E-state index contributed by atoms with van der Waals surface area (Å²) in [5.41, 5.74) is 1.21. The normalized spacial score (nSPS) is 14.4. The van der Waals surface area contributed by atoms with Gasteiger partial charge in [-0.15, -0.1) is 0 Å². The molecule has 0 saturated heterocycles. The van der Waals surface area contributed by atoms with Gasteiger partial charge in [-0.25, -0.2) is 0 Å². The van der Waals surface area contributed by atoms with Gasteiger partial charge < -0.3 is 20.0 Å². The first-order chi connectivity index (χ1) is 13.4. The highest BCUT2D eigenvalue weighted by Crippen LogP contribution is 2.33. The van der Waals surface area contributed by atoms with Crippen LogP contribution in [0.25, 0.3) is 0 Å². The van der Waals surface area contributed by atoms with Gasteiger partial charge in [0, 0.05) is 13.6 Å². The lowest BCUT2D eigenvalue weighted by atomic mass is 10.1. The fourth-order valence-corrected chi connectivity index (χ4v) is 3.58. The average Bonchev–Trinajstić information content (AvgIpc) is 3.24. The first kappa shape index (κ1) is 18.0. The van der Waals surface area contributed by atoms with Crippen LogP contribution in [-0.4, -0.2) is 17.9 Å². The van der Waals surface area contributed by atoms with E-state index in [0.29, 0.717) is 30.0 Å². The summed E-state index contributed by atoms with van der Waals surface area (Å²) in [7, 11) is 1.73. The van der Waals surface area contributed by atoms with Crippen LogP contribution in [0.5, 0.6) is 0 Å². The van der Waals surface area contributed by atoms with Gasteiger partial charge in [-0.1, -0.05) is 19.1 Å². The Labute approximate surface area is 161 Å². The molecule has 2 aromatic carbocycles. The quantitative estimate of drug-likeness (QED) is 0.640. The van der Waals surface area contributed by atoms with E-state index in [4.69, 9.17) is 4.42 Å². The Morgan fingerprint density at radius 1 is 1.11 bits per heavy atom. The van der Waals surface area contributed by atoms with Gasteiger partial charge >= 0.3 is 0 Å². The summed E-state index contributed by atoms with van der Waals surface area (Å²) in [5.74, 6) is 1.38. The van der Waals surface area contributed by atoms with E-state index in [1.54, 1.807) is 18.0 Å². The van der Waals surface area contributed by atoms with Crippen LogP contribution < -0.4 is 21.5 Å². The van der Waals surface area contributed by atoms with E-state index in [1.807, 2.05) is 38.1 Å². The van der Waals surface area contributed by atoms with Crippen molar-refractivity contribution in [3.8, 4) is 0 Å². The Kier molecular flexibility index (Phi) is 4.30. The third-order valence-corrected chi connectivity index (χ3v) is 5.12. The summed E-state index contributed by atoms with van der Waals surface area (Å²) in [5, 5.41) is 6.14. The molecule has 1 atom stereocenters. The van der Waals surface area contributed by atoms with Crippen molar-refractivity contribution >= 4 is 23.0 Å². The Bertz CT molecular complexity index is 1140. The predicted molar refractivity (Wildman–Crippen MR) is 107 cm³/mol. The van der Waals surface area contributed by atoms with E-state index in [2.05, 4.69) is 10.6 Å². The number of benzene rings is 1. The highest BCUT2D eigenvalue weighted by Gasteiger charge is 2.30. The van der Waals surface area contributed by atoms with Gasteiger partial charge in [0.05, 0.1) is 17.3 Å². The van der Waals surface area contributed by atoms with Crippen LogP contribution in [0.3, 0.4) is 0 Å². The molecule has 3 aromatic rings. The fraction of sp³-hybridized carbons (Fsp3) is 0.286. The number of hydrogen-bond donors (Lipinski definition) is 2. The van der Waals surface area contributed by atoms with Crippen LogP contribution in [0.15, 0.2) is 44.3 Å². The largest absolute Gasteiger partial charge is 0.464 e. The predicted octanol–water partition coefficient (Wildman–Crippen LogP) is 3.08. The first-order valence-corrected chi connectivity index (χ1v) is 9.21. The minimum Gasteiger partial charge on any atom is -0.464 e. The van der Waals surface area contributed by atoms with Crippen LogP contribution >= 0.6 is 0 Å². The molecule has 0 saturated carbocycles. The molecule has 1 amide bonds. The van der Waals surface area contributed by atoms with Crippen molar-refractivity contribution < 1.29 is 9.21 Å². The van der Waals surface area contributed by atoms with Crippen molar-refractivity contribution in [2.24, 2.45) is 0 Å². The zero-order valence-electron chi connectivity index (χ0n) is 16.0. The minimum absolute atomic E-state index is 0.108. The summed E-state index contributed by atoms with van der Waals surface area (Å²) in [6.07, 6.45) is 0.676. The van der Waals surface area contributed by atoms with Crippen molar-refractivity contribution in [1.82, 2.24) is 4.90 Å². The van der Waals surface area contributed by atoms with E-state index < -0.39 is 10.9 Å². The molecule has 1 aliphatic heterocycles. The number of rotatable bonds is 6. The molecule has 28 heavy (non-hydrogen) atoms. The molecule has 0 unspecified atom stereocenters. The van der Waals surface area contributed by atoms with Gasteiger partial charge in [-0.3, -0.25) is 14.4 Å². The van der Waals surface area contributed by atoms with Crippen molar-refractivity contribution in [3.63, 3.8) is 0 Å². The number of furan rings is 1. The molecule has 1 aliphatic rings. The number of anilines is 3. The summed E-state index contributed by atoms with van der Waals surface area (Å²) < 4.78 is 5.66. The number of hydrogen-bond acceptors (Lipinski definition) is 6. The van der Waals surface area contributed by atoms with Crippen LogP contribution in [-0.2, 0) is 6.54 Å². The van der Waals surface area contributed by atoms with Gasteiger partial charge in [-0.05, 0) is 37.1 Å². The number of nitrogens with zero attached hydrogens (tertiary/aromatic N) is 1. The number of fused-ring (bicyclic) bond motifs is 1. The first-order valence-electron chi connectivity index (χ1n) is 9.21. The Balaban J connectivity index is 1.65. The lowest BCUT2D eigenvalue weighted by molar-refractivity contribution is 0.0817. The summed E-state index contributed by atoms with van der Waals surface area (Å²) >= 11 is 0. The lowest BCUT2D eigenvalue weighted by Crippen LogP contribution is -2.37. The second kappa shape index (κ2) is 6.67. The zero-order valence-corrected chi connectivity index (χ0v) is 16.0. The molecule has 1 aromatic heterocycles. The second-order valence-corrected chi connectivity index (χ2v) is 7.09. The van der Waals surface area contributed by atoms with Crippen LogP contribution in [0.1, 0.15) is 46.8 Å². The lowest BCUT2D eigenvalue weighted by Gasteiger charge is -2.21. The van der Waals surface area contributed by atoms with E-state index >= 15 is 0 Å². The van der Waals surface area contributed by atoms with Gasteiger partial charge in [0.2, 0.25) is 0 Å². The SMILES string of the molecule is CC[C@@H](Nc1c(Nc2cccc3c2C(=O)N(C)C3)c(=O)c1=O)c1ccc(C)o1. The highest BCUT2D eigenvalue weighted by atomic mass is 16.3. The number of aryl methyl sites for hydroxylation is 1. The second-order valence-electron chi connectivity index (χ2n) is 7.09. The molecule has 0 aliphatic carbocycles. The monoisotopic (exact) mass is 379 g/mol. The molecule has 2 N–H and O–H groups in total. The molecule has 7 nitrogen and oxygen atoms in total. The van der Waals surface area contributed by atoms with Gasteiger partial charge in [0.1, 0.15) is 22.9 Å². The molecule has 0 spiro atoms. The summed E-state index contributed by atoms with van der Waals surface area (Å²) in [6, 6.07) is 8.93.